The van der Waals surface area contributed by atoms with Crippen LogP contribution in [0.5, 0.6) is 0 Å². The molecule has 110 valence electrons. The van der Waals surface area contributed by atoms with Crippen LogP contribution in [0.1, 0.15) is 15.9 Å². The normalized spacial score (nSPS) is 10.9. The fourth-order valence-corrected chi connectivity index (χ4v) is 2.62. The maximum atomic E-state index is 11.6. The number of nitrogens with zero attached hydrogens (tertiary/aromatic N) is 1. The average Bonchev–Trinajstić information content (AvgIpc) is 2.48. The van der Waals surface area contributed by atoms with Gasteiger partial charge in [-0.1, -0.05) is 40.9 Å². The van der Waals surface area contributed by atoms with Crippen LogP contribution in [0.15, 0.2) is 42.5 Å². The molecule has 22 heavy (non-hydrogen) atoms. The highest BCUT2D eigenvalue weighted by atomic mass is 35.5. The lowest BCUT2D eigenvalue weighted by Gasteiger charge is -2.08. The molecule has 1 heterocycles. The van der Waals surface area contributed by atoms with Gasteiger partial charge in [0.15, 0.2) is 0 Å². The lowest BCUT2D eigenvalue weighted by molar-refractivity contribution is 0.0699. The molecule has 0 amide bonds. The minimum Gasteiger partial charge on any atom is -0.478 e. The first-order valence-corrected chi connectivity index (χ1v) is 7.31. The lowest BCUT2D eigenvalue weighted by atomic mass is 10.0. The van der Waals surface area contributed by atoms with Gasteiger partial charge < -0.3 is 5.11 Å². The summed E-state index contributed by atoms with van der Waals surface area (Å²) in [6.07, 6.45) is 0. The predicted molar refractivity (Wildman–Crippen MR) is 88.9 cm³/mol. The third-order valence-electron chi connectivity index (χ3n) is 3.41. The van der Waals surface area contributed by atoms with E-state index in [9.17, 15) is 9.90 Å². The van der Waals surface area contributed by atoms with Gasteiger partial charge in [0, 0.05) is 10.9 Å². The second-order valence-electron chi connectivity index (χ2n) is 5.01. The Morgan fingerprint density at radius 2 is 1.82 bits per heavy atom. The molecule has 0 unspecified atom stereocenters. The fraction of sp³-hybridized carbons (Fsp3) is 0.0588. The van der Waals surface area contributed by atoms with Crippen LogP contribution < -0.4 is 0 Å². The Balaban J connectivity index is 2.29. The molecular weight excluding hydrogens is 321 g/mol. The zero-order valence-corrected chi connectivity index (χ0v) is 13.1. The van der Waals surface area contributed by atoms with Gasteiger partial charge in [0.1, 0.15) is 0 Å². The van der Waals surface area contributed by atoms with E-state index in [1.807, 2.05) is 25.1 Å². The van der Waals surface area contributed by atoms with Crippen molar-refractivity contribution in [3.8, 4) is 11.3 Å². The Morgan fingerprint density at radius 1 is 1.05 bits per heavy atom. The molecule has 1 N–H and O–H groups in total. The molecule has 1 aromatic heterocycles. The molecule has 0 radical (unpaired) electrons. The monoisotopic (exact) mass is 331 g/mol. The Labute approximate surface area is 137 Å². The number of halogens is 2. The van der Waals surface area contributed by atoms with Gasteiger partial charge in [0.25, 0.3) is 0 Å². The summed E-state index contributed by atoms with van der Waals surface area (Å²) in [7, 11) is 0. The molecule has 5 heteroatoms. The van der Waals surface area contributed by atoms with Crippen molar-refractivity contribution >= 4 is 40.1 Å². The zero-order chi connectivity index (χ0) is 15.9. The number of aryl methyl sites for hydroxylation is 1. The van der Waals surface area contributed by atoms with E-state index in [0.29, 0.717) is 26.6 Å². The summed E-state index contributed by atoms with van der Waals surface area (Å²) in [5, 5.41) is 10.9. The van der Waals surface area contributed by atoms with Crippen molar-refractivity contribution in [1.29, 1.82) is 0 Å². The predicted octanol–water partition coefficient (Wildman–Crippen LogP) is 5.22. The third kappa shape index (κ3) is 2.65. The summed E-state index contributed by atoms with van der Waals surface area (Å²) in [5.41, 5.74) is 3.10. The van der Waals surface area contributed by atoms with E-state index in [4.69, 9.17) is 23.2 Å². The summed E-state index contributed by atoms with van der Waals surface area (Å²) in [5.74, 6) is -0.987. The quantitative estimate of drug-likeness (QED) is 0.700. The number of hydrogen-bond acceptors (Lipinski definition) is 2. The van der Waals surface area contributed by atoms with Crippen molar-refractivity contribution in [3.05, 3.63) is 63.6 Å². The molecule has 0 aliphatic carbocycles. The molecule has 0 saturated carbocycles. The van der Waals surface area contributed by atoms with E-state index in [2.05, 4.69) is 4.98 Å². The van der Waals surface area contributed by atoms with Gasteiger partial charge in [-0.15, -0.1) is 0 Å². The van der Waals surface area contributed by atoms with E-state index >= 15 is 0 Å². The number of rotatable bonds is 2. The standard InChI is InChI=1S/C17H11Cl2NO2/c1-9-2-5-15-11(6-9)12(17(21)22)8-16(20-15)10-3-4-13(18)14(19)7-10/h2-8H,1H3,(H,21,22). The summed E-state index contributed by atoms with van der Waals surface area (Å²) in [6, 6.07) is 12.2. The van der Waals surface area contributed by atoms with Crippen LogP contribution in [0.2, 0.25) is 10.0 Å². The number of carbonyl (C=O) groups is 1. The zero-order valence-electron chi connectivity index (χ0n) is 11.6. The van der Waals surface area contributed by atoms with Crippen LogP contribution in [0.3, 0.4) is 0 Å². The number of carboxylic acid groups (broad SMARTS) is 1. The molecule has 0 spiro atoms. The smallest absolute Gasteiger partial charge is 0.336 e. The maximum absolute atomic E-state index is 11.6. The number of benzene rings is 2. The lowest BCUT2D eigenvalue weighted by Crippen LogP contribution is -2.00. The van der Waals surface area contributed by atoms with Crippen LogP contribution >= 0.6 is 23.2 Å². The van der Waals surface area contributed by atoms with Gasteiger partial charge in [-0.25, -0.2) is 9.78 Å². The molecule has 3 nitrogen and oxygen atoms in total. The van der Waals surface area contributed by atoms with Crippen molar-refractivity contribution in [2.45, 2.75) is 6.92 Å². The number of hydrogen-bond donors (Lipinski definition) is 1. The fourth-order valence-electron chi connectivity index (χ4n) is 2.32. The van der Waals surface area contributed by atoms with E-state index < -0.39 is 5.97 Å². The molecule has 0 aliphatic rings. The van der Waals surface area contributed by atoms with Gasteiger partial charge in [0.05, 0.1) is 26.8 Å². The Kier molecular flexibility index (Phi) is 3.77. The first-order valence-electron chi connectivity index (χ1n) is 6.56. The minimum atomic E-state index is -0.987. The first kappa shape index (κ1) is 14.8. The Bertz CT molecular complexity index is 907. The molecule has 0 atom stereocenters. The number of carboxylic acids is 1. The van der Waals surface area contributed by atoms with Crippen molar-refractivity contribution in [2.24, 2.45) is 0 Å². The highest BCUT2D eigenvalue weighted by Gasteiger charge is 2.13. The van der Waals surface area contributed by atoms with Crippen molar-refractivity contribution in [2.75, 3.05) is 0 Å². The van der Waals surface area contributed by atoms with Crippen LogP contribution in [0.25, 0.3) is 22.2 Å². The number of aromatic nitrogens is 1. The Hall–Kier alpha value is -2.10. The van der Waals surface area contributed by atoms with Crippen LogP contribution in [0.4, 0.5) is 0 Å². The van der Waals surface area contributed by atoms with Gasteiger partial charge in [-0.05, 0) is 37.3 Å². The van der Waals surface area contributed by atoms with E-state index in [0.717, 1.165) is 11.1 Å². The molecular formula is C17H11Cl2NO2. The van der Waals surface area contributed by atoms with Crippen molar-refractivity contribution in [1.82, 2.24) is 4.98 Å². The second kappa shape index (κ2) is 5.59. The summed E-state index contributed by atoms with van der Waals surface area (Å²) < 4.78 is 0. The Morgan fingerprint density at radius 3 is 2.50 bits per heavy atom. The van der Waals surface area contributed by atoms with Crippen LogP contribution in [-0.2, 0) is 0 Å². The van der Waals surface area contributed by atoms with Gasteiger partial charge >= 0.3 is 5.97 Å². The minimum absolute atomic E-state index is 0.217. The van der Waals surface area contributed by atoms with Crippen LogP contribution in [-0.4, -0.2) is 16.1 Å². The van der Waals surface area contributed by atoms with Gasteiger partial charge in [-0.3, -0.25) is 0 Å². The molecule has 3 rings (SSSR count). The largest absolute Gasteiger partial charge is 0.478 e. The number of aromatic carboxylic acids is 1. The highest BCUT2D eigenvalue weighted by molar-refractivity contribution is 6.42. The van der Waals surface area contributed by atoms with E-state index in [1.165, 1.54) is 0 Å². The number of pyridine rings is 1. The SMILES string of the molecule is Cc1ccc2nc(-c3ccc(Cl)c(Cl)c3)cc(C(=O)O)c2c1. The average molecular weight is 332 g/mol. The summed E-state index contributed by atoms with van der Waals surface area (Å²) >= 11 is 11.9. The van der Waals surface area contributed by atoms with Crippen LogP contribution in [0, 0.1) is 6.92 Å². The highest BCUT2D eigenvalue weighted by Crippen LogP contribution is 2.30. The number of fused-ring (bicyclic) bond motifs is 1. The molecule has 2 aromatic carbocycles. The summed E-state index contributed by atoms with van der Waals surface area (Å²) in [4.78, 5) is 16.1. The van der Waals surface area contributed by atoms with E-state index in [1.54, 1.807) is 24.3 Å². The topological polar surface area (TPSA) is 50.2 Å². The third-order valence-corrected chi connectivity index (χ3v) is 4.15. The van der Waals surface area contributed by atoms with Gasteiger partial charge in [-0.2, -0.15) is 0 Å². The molecule has 0 fully saturated rings. The van der Waals surface area contributed by atoms with E-state index in [-0.39, 0.29) is 5.56 Å². The second-order valence-corrected chi connectivity index (χ2v) is 5.82. The molecule has 0 saturated heterocycles. The molecule has 3 aromatic rings. The molecule has 0 aliphatic heterocycles. The molecule has 0 bridgehead atoms. The van der Waals surface area contributed by atoms with Gasteiger partial charge in [0.2, 0.25) is 0 Å². The maximum Gasteiger partial charge on any atom is 0.336 e. The van der Waals surface area contributed by atoms with Crippen molar-refractivity contribution in [3.63, 3.8) is 0 Å². The summed E-state index contributed by atoms with van der Waals surface area (Å²) in [6.45, 7) is 1.91. The first-order chi connectivity index (χ1) is 10.5. The van der Waals surface area contributed by atoms with Crippen molar-refractivity contribution < 1.29 is 9.90 Å².